The second kappa shape index (κ2) is 6.45. The molecule has 2 heterocycles. The molecule has 2 saturated heterocycles. The highest BCUT2D eigenvalue weighted by Gasteiger charge is 2.49. The summed E-state index contributed by atoms with van der Waals surface area (Å²) >= 11 is 0. The van der Waals surface area contributed by atoms with Gasteiger partial charge in [-0.1, -0.05) is 26.2 Å². The van der Waals surface area contributed by atoms with Crippen molar-refractivity contribution in [3.63, 3.8) is 0 Å². The van der Waals surface area contributed by atoms with E-state index in [1.807, 2.05) is 0 Å². The quantitative estimate of drug-likeness (QED) is 0.432. The molecule has 0 bridgehead atoms. The number of rotatable bonds is 6. The number of Topliss-reactive ketones (excluding diaryl/α,β-unsaturated/α-hetero) is 1. The van der Waals surface area contributed by atoms with E-state index in [4.69, 9.17) is 14.2 Å². The number of aliphatic hydroxyl groups excluding tert-OH is 1. The number of hydrogen-bond acceptors (Lipinski definition) is 6. The summed E-state index contributed by atoms with van der Waals surface area (Å²) in [7, 11) is 0. The van der Waals surface area contributed by atoms with E-state index < -0.39 is 30.1 Å². The molecule has 0 radical (unpaired) electrons. The van der Waals surface area contributed by atoms with Crippen molar-refractivity contribution in [2.24, 2.45) is 0 Å². The van der Waals surface area contributed by atoms with Gasteiger partial charge < -0.3 is 19.3 Å². The van der Waals surface area contributed by atoms with Crippen LogP contribution in [0.15, 0.2) is 0 Å². The van der Waals surface area contributed by atoms with Gasteiger partial charge in [-0.15, -0.1) is 0 Å². The van der Waals surface area contributed by atoms with Crippen LogP contribution in [0.2, 0.25) is 0 Å². The molecule has 6 nitrogen and oxygen atoms in total. The maximum atomic E-state index is 11.6. The average molecular weight is 272 g/mol. The molecule has 6 heteroatoms. The van der Waals surface area contributed by atoms with Crippen molar-refractivity contribution in [3.05, 3.63) is 0 Å². The first-order valence-corrected chi connectivity index (χ1v) is 6.83. The van der Waals surface area contributed by atoms with Gasteiger partial charge in [0.25, 0.3) is 0 Å². The van der Waals surface area contributed by atoms with Crippen LogP contribution in [0, 0.1) is 0 Å². The van der Waals surface area contributed by atoms with Crippen LogP contribution in [-0.2, 0) is 23.8 Å². The van der Waals surface area contributed by atoms with E-state index in [9.17, 15) is 14.7 Å². The predicted octanol–water partition coefficient (Wildman–Crippen LogP) is 0.554. The minimum atomic E-state index is -1.67. The topological polar surface area (TPSA) is 82.1 Å². The SMILES string of the molecule is CCCCCCC1OCC(C2OC(=O)C(O)C2=O)O1. The minimum Gasteiger partial charge on any atom is -0.449 e. The number of cyclic esters (lactones) is 1. The number of carbonyl (C=O) groups is 2. The van der Waals surface area contributed by atoms with Gasteiger partial charge in [0.1, 0.15) is 6.10 Å². The van der Waals surface area contributed by atoms with E-state index in [1.54, 1.807) is 0 Å². The third kappa shape index (κ3) is 3.32. The monoisotopic (exact) mass is 272 g/mol. The summed E-state index contributed by atoms with van der Waals surface area (Å²) in [6.07, 6.45) is 1.62. The van der Waals surface area contributed by atoms with Crippen molar-refractivity contribution in [1.29, 1.82) is 0 Å². The minimum absolute atomic E-state index is 0.217. The summed E-state index contributed by atoms with van der Waals surface area (Å²) < 4.78 is 15.8. The number of ether oxygens (including phenoxy) is 3. The molecule has 2 aliphatic rings. The van der Waals surface area contributed by atoms with E-state index in [0.717, 1.165) is 19.3 Å². The Bertz CT molecular complexity index is 342. The van der Waals surface area contributed by atoms with Gasteiger partial charge in [0, 0.05) is 0 Å². The normalized spacial score (nSPS) is 34.8. The third-order valence-electron chi connectivity index (χ3n) is 3.42. The van der Waals surface area contributed by atoms with Gasteiger partial charge in [-0.3, -0.25) is 4.79 Å². The van der Waals surface area contributed by atoms with Gasteiger partial charge in [0.05, 0.1) is 6.61 Å². The summed E-state index contributed by atoms with van der Waals surface area (Å²) in [5, 5.41) is 9.24. The number of aliphatic hydroxyl groups is 1. The predicted molar refractivity (Wildman–Crippen MR) is 64.3 cm³/mol. The molecule has 0 aliphatic carbocycles. The van der Waals surface area contributed by atoms with Gasteiger partial charge in [-0.05, 0) is 12.8 Å². The van der Waals surface area contributed by atoms with Crippen molar-refractivity contribution in [2.45, 2.75) is 63.6 Å². The molecule has 108 valence electrons. The van der Waals surface area contributed by atoms with E-state index in [0.29, 0.717) is 0 Å². The zero-order valence-electron chi connectivity index (χ0n) is 11.0. The molecule has 2 aliphatic heterocycles. The molecule has 0 saturated carbocycles. The Balaban J connectivity index is 1.76. The Morgan fingerprint density at radius 1 is 1.26 bits per heavy atom. The lowest BCUT2D eigenvalue weighted by Crippen LogP contribution is -2.36. The smallest absolute Gasteiger partial charge is 0.343 e. The molecule has 0 spiro atoms. The van der Waals surface area contributed by atoms with Crippen molar-refractivity contribution >= 4 is 11.8 Å². The average Bonchev–Trinajstić information content (AvgIpc) is 2.96. The van der Waals surface area contributed by atoms with E-state index in [2.05, 4.69) is 6.92 Å². The van der Waals surface area contributed by atoms with Crippen LogP contribution in [0.3, 0.4) is 0 Å². The number of carbonyl (C=O) groups excluding carboxylic acids is 2. The largest absolute Gasteiger partial charge is 0.449 e. The molecule has 2 fully saturated rings. The lowest BCUT2D eigenvalue weighted by molar-refractivity contribution is -0.152. The summed E-state index contributed by atoms with van der Waals surface area (Å²) in [6, 6.07) is 0. The molecule has 19 heavy (non-hydrogen) atoms. The molecular weight excluding hydrogens is 252 g/mol. The first kappa shape index (κ1) is 14.4. The van der Waals surface area contributed by atoms with Gasteiger partial charge >= 0.3 is 5.97 Å². The second-order valence-electron chi connectivity index (χ2n) is 4.95. The molecule has 0 amide bonds. The molecule has 4 atom stereocenters. The highest BCUT2D eigenvalue weighted by molar-refractivity contribution is 6.09. The third-order valence-corrected chi connectivity index (χ3v) is 3.42. The molecule has 2 rings (SSSR count). The standard InChI is InChI=1S/C13H20O6/c1-2-3-4-5-6-9-17-7-8(18-9)12-10(14)11(15)13(16)19-12/h8-9,11-12,15H,2-7H2,1H3. The van der Waals surface area contributed by atoms with Crippen molar-refractivity contribution in [3.8, 4) is 0 Å². The van der Waals surface area contributed by atoms with Crippen LogP contribution in [0.1, 0.15) is 39.0 Å². The molecule has 1 N–H and O–H groups in total. The number of hydrogen-bond donors (Lipinski definition) is 1. The molecule has 0 aromatic carbocycles. The maximum Gasteiger partial charge on any atom is 0.343 e. The van der Waals surface area contributed by atoms with Gasteiger partial charge in [0.2, 0.25) is 11.9 Å². The number of esters is 1. The number of unbranched alkanes of at least 4 members (excludes halogenated alkanes) is 3. The maximum absolute atomic E-state index is 11.6. The Labute approximate surface area is 112 Å². The number of ketones is 1. The van der Waals surface area contributed by atoms with Crippen molar-refractivity contribution in [2.75, 3.05) is 6.61 Å². The van der Waals surface area contributed by atoms with Crippen LogP contribution in [0.25, 0.3) is 0 Å². The lowest BCUT2D eigenvalue weighted by Gasteiger charge is -2.15. The zero-order valence-corrected chi connectivity index (χ0v) is 11.0. The first-order valence-electron chi connectivity index (χ1n) is 6.83. The highest BCUT2D eigenvalue weighted by atomic mass is 16.7. The summed E-state index contributed by atoms with van der Waals surface area (Å²) in [5.41, 5.74) is 0. The van der Waals surface area contributed by atoms with Crippen LogP contribution < -0.4 is 0 Å². The van der Waals surface area contributed by atoms with Crippen molar-refractivity contribution in [1.82, 2.24) is 0 Å². The zero-order chi connectivity index (χ0) is 13.8. The second-order valence-corrected chi connectivity index (χ2v) is 4.95. The summed E-state index contributed by atoms with van der Waals surface area (Å²) in [4.78, 5) is 22.7. The van der Waals surface area contributed by atoms with E-state index in [1.165, 1.54) is 12.8 Å². The summed E-state index contributed by atoms with van der Waals surface area (Å²) in [5.74, 6) is -1.53. The molecule has 4 unspecified atom stereocenters. The fraction of sp³-hybridized carbons (Fsp3) is 0.846. The van der Waals surface area contributed by atoms with Gasteiger partial charge in [0.15, 0.2) is 12.4 Å². The molecular formula is C13H20O6. The van der Waals surface area contributed by atoms with Gasteiger partial charge in [-0.25, -0.2) is 4.79 Å². The van der Waals surface area contributed by atoms with Gasteiger partial charge in [-0.2, -0.15) is 0 Å². The Hall–Kier alpha value is -0.980. The Morgan fingerprint density at radius 3 is 2.68 bits per heavy atom. The van der Waals surface area contributed by atoms with E-state index in [-0.39, 0.29) is 12.9 Å². The van der Waals surface area contributed by atoms with E-state index >= 15 is 0 Å². The lowest BCUT2D eigenvalue weighted by atomic mass is 10.1. The summed E-state index contributed by atoms with van der Waals surface area (Å²) in [6.45, 7) is 2.36. The van der Waals surface area contributed by atoms with Crippen LogP contribution >= 0.6 is 0 Å². The fourth-order valence-corrected chi connectivity index (χ4v) is 2.30. The van der Waals surface area contributed by atoms with Crippen LogP contribution in [-0.4, -0.2) is 48.1 Å². The first-order chi connectivity index (χ1) is 9.13. The molecule has 0 aromatic rings. The molecule has 0 aromatic heterocycles. The van der Waals surface area contributed by atoms with Crippen LogP contribution in [0.4, 0.5) is 0 Å². The van der Waals surface area contributed by atoms with Crippen LogP contribution in [0.5, 0.6) is 0 Å². The Morgan fingerprint density at radius 2 is 2.05 bits per heavy atom. The highest BCUT2D eigenvalue weighted by Crippen LogP contribution is 2.25. The fourth-order valence-electron chi connectivity index (χ4n) is 2.30. The van der Waals surface area contributed by atoms with Crippen molar-refractivity contribution < 1.29 is 28.9 Å². The Kier molecular flexibility index (Phi) is 4.90.